The molecule has 4 heteroatoms. The topological polar surface area (TPSA) is 38.3 Å². The van der Waals surface area contributed by atoms with Crippen molar-refractivity contribution in [3.8, 4) is 5.75 Å². The van der Waals surface area contributed by atoms with Gasteiger partial charge in [0.2, 0.25) is 0 Å². The van der Waals surface area contributed by atoms with Crippen LogP contribution < -0.4 is 10.1 Å². The largest absolute Gasteiger partial charge is 0.491 e. The molecule has 1 aliphatic heterocycles. The van der Waals surface area contributed by atoms with Crippen molar-refractivity contribution < 1.29 is 13.9 Å². The Labute approximate surface area is 99.3 Å². The molecule has 90 valence electrons. The van der Waals surface area contributed by atoms with E-state index in [1.165, 1.54) is 0 Å². The van der Waals surface area contributed by atoms with Crippen LogP contribution in [-0.4, -0.2) is 25.2 Å². The number of hydrogen-bond acceptors (Lipinski definition) is 2. The molecule has 0 saturated heterocycles. The summed E-state index contributed by atoms with van der Waals surface area (Å²) in [5.74, 6) is 0.225. The van der Waals surface area contributed by atoms with Gasteiger partial charge in [-0.15, -0.1) is 0 Å². The van der Waals surface area contributed by atoms with E-state index in [4.69, 9.17) is 4.74 Å². The van der Waals surface area contributed by atoms with Gasteiger partial charge in [0.05, 0.1) is 6.04 Å². The van der Waals surface area contributed by atoms with Gasteiger partial charge in [0, 0.05) is 0 Å². The molecule has 1 unspecified atom stereocenters. The van der Waals surface area contributed by atoms with E-state index in [9.17, 15) is 9.18 Å². The smallest absolute Gasteiger partial charge is 0.251 e. The summed E-state index contributed by atoms with van der Waals surface area (Å²) in [5.41, 5.74) is 2.02. The summed E-state index contributed by atoms with van der Waals surface area (Å²) in [6, 6.07) is 5.62. The van der Waals surface area contributed by atoms with E-state index >= 15 is 0 Å². The summed E-state index contributed by atoms with van der Waals surface area (Å²) >= 11 is 0. The minimum absolute atomic E-state index is 0.161. The molecular formula is C13H14FNO2. The molecule has 1 aromatic rings. The van der Waals surface area contributed by atoms with Crippen LogP contribution in [0.2, 0.25) is 0 Å². The average molecular weight is 235 g/mol. The maximum absolute atomic E-state index is 12.1. The van der Waals surface area contributed by atoms with Crippen molar-refractivity contribution >= 4 is 12.0 Å². The highest BCUT2D eigenvalue weighted by Gasteiger charge is 2.21. The van der Waals surface area contributed by atoms with Gasteiger partial charge in [-0.1, -0.05) is 18.7 Å². The first-order chi connectivity index (χ1) is 8.22. The van der Waals surface area contributed by atoms with Gasteiger partial charge in [0.1, 0.15) is 12.4 Å². The second-order valence-electron chi connectivity index (χ2n) is 3.98. The number of halogens is 1. The number of carbonyl (C=O) groups excluding carboxylic acids is 1. The number of fused-ring (bicyclic) bond motifs is 1. The lowest BCUT2D eigenvalue weighted by atomic mass is 10.0. The summed E-state index contributed by atoms with van der Waals surface area (Å²) in [7, 11) is 0. The van der Waals surface area contributed by atoms with E-state index in [1.807, 2.05) is 18.2 Å². The summed E-state index contributed by atoms with van der Waals surface area (Å²) in [4.78, 5) is 11.0. The normalized spacial score (nSPS) is 17.8. The minimum atomic E-state index is -0.990. The van der Waals surface area contributed by atoms with Gasteiger partial charge in [-0.2, -0.15) is 0 Å². The van der Waals surface area contributed by atoms with E-state index in [2.05, 4.69) is 11.9 Å². The average Bonchev–Trinajstić information content (AvgIpc) is 2.37. The number of nitrogens with one attached hydrogen (secondary N) is 1. The number of benzene rings is 1. The molecule has 0 aliphatic carbocycles. The lowest BCUT2D eigenvalue weighted by molar-refractivity contribution is -0.122. The van der Waals surface area contributed by atoms with Crippen molar-refractivity contribution in [2.75, 3.05) is 13.3 Å². The molecule has 1 N–H and O–H groups in total. The Hall–Kier alpha value is -1.84. The second kappa shape index (κ2) is 4.99. The van der Waals surface area contributed by atoms with Crippen LogP contribution in [0.25, 0.3) is 6.08 Å². The molecule has 0 fully saturated rings. The summed E-state index contributed by atoms with van der Waals surface area (Å²) < 4.78 is 17.6. The van der Waals surface area contributed by atoms with Gasteiger partial charge >= 0.3 is 0 Å². The fourth-order valence-corrected chi connectivity index (χ4v) is 1.90. The molecule has 3 nitrogen and oxygen atoms in total. The highest BCUT2D eigenvalue weighted by molar-refractivity contribution is 5.77. The van der Waals surface area contributed by atoms with Crippen LogP contribution in [0.5, 0.6) is 5.75 Å². The molecule has 1 heterocycles. The zero-order valence-electron chi connectivity index (χ0n) is 9.41. The van der Waals surface area contributed by atoms with Crippen LogP contribution in [0, 0.1) is 0 Å². The van der Waals surface area contributed by atoms with Gasteiger partial charge < -0.3 is 10.1 Å². The van der Waals surface area contributed by atoms with E-state index < -0.39 is 12.6 Å². The Morgan fingerprint density at radius 3 is 3.18 bits per heavy atom. The number of ether oxygens (including phenoxy) is 1. The fourth-order valence-electron chi connectivity index (χ4n) is 1.90. The first kappa shape index (κ1) is 11.6. The summed E-state index contributed by atoms with van der Waals surface area (Å²) in [6.07, 6.45) is 2.41. The Morgan fingerprint density at radius 1 is 1.65 bits per heavy atom. The molecule has 1 amide bonds. The van der Waals surface area contributed by atoms with Crippen molar-refractivity contribution in [1.29, 1.82) is 0 Å². The Balaban J connectivity index is 2.11. The molecule has 1 atom stereocenters. The fraction of sp³-hybridized carbons (Fsp3) is 0.308. The first-order valence-electron chi connectivity index (χ1n) is 5.46. The van der Waals surface area contributed by atoms with Crippen LogP contribution in [-0.2, 0) is 11.2 Å². The number of alkyl halides is 1. The number of amides is 1. The SMILES string of the molecule is C=Cc1ccc2c(c1)CC(NC(=O)CF)CO2. The quantitative estimate of drug-likeness (QED) is 0.866. The molecule has 17 heavy (non-hydrogen) atoms. The molecule has 2 rings (SSSR count). The van der Waals surface area contributed by atoms with Crippen LogP contribution in [0.3, 0.4) is 0 Å². The van der Waals surface area contributed by atoms with Gasteiger partial charge in [0.15, 0.2) is 6.67 Å². The van der Waals surface area contributed by atoms with Crippen LogP contribution in [0.4, 0.5) is 4.39 Å². The van der Waals surface area contributed by atoms with E-state index in [1.54, 1.807) is 6.08 Å². The number of carbonyl (C=O) groups is 1. The van der Waals surface area contributed by atoms with Crippen LogP contribution >= 0.6 is 0 Å². The Kier molecular flexibility index (Phi) is 3.42. The molecule has 1 aliphatic rings. The van der Waals surface area contributed by atoms with Crippen molar-refractivity contribution in [2.24, 2.45) is 0 Å². The zero-order chi connectivity index (χ0) is 12.3. The predicted octanol–water partition coefficient (Wildman–Crippen LogP) is 1.72. The van der Waals surface area contributed by atoms with Crippen LogP contribution in [0.1, 0.15) is 11.1 Å². The van der Waals surface area contributed by atoms with Gasteiger partial charge in [-0.05, 0) is 29.7 Å². The molecule has 0 radical (unpaired) electrons. The maximum Gasteiger partial charge on any atom is 0.251 e. The third-order valence-corrected chi connectivity index (χ3v) is 2.71. The zero-order valence-corrected chi connectivity index (χ0v) is 9.41. The summed E-state index contributed by atoms with van der Waals surface area (Å²) in [5, 5.41) is 2.58. The van der Waals surface area contributed by atoms with Crippen molar-refractivity contribution in [2.45, 2.75) is 12.5 Å². The molecule has 0 aromatic heterocycles. The van der Waals surface area contributed by atoms with Gasteiger partial charge in [-0.25, -0.2) is 4.39 Å². The Bertz CT molecular complexity index is 445. The highest BCUT2D eigenvalue weighted by atomic mass is 19.1. The predicted molar refractivity (Wildman–Crippen MR) is 63.6 cm³/mol. The number of hydrogen-bond donors (Lipinski definition) is 1. The third kappa shape index (κ3) is 2.64. The van der Waals surface area contributed by atoms with Gasteiger partial charge in [-0.3, -0.25) is 4.79 Å². The summed E-state index contributed by atoms with van der Waals surface area (Å²) in [6.45, 7) is 3.09. The lowest BCUT2D eigenvalue weighted by Gasteiger charge is -2.26. The third-order valence-electron chi connectivity index (χ3n) is 2.71. The number of rotatable bonds is 3. The first-order valence-corrected chi connectivity index (χ1v) is 5.46. The van der Waals surface area contributed by atoms with E-state index in [-0.39, 0.29) is 6.04 Å². The van der Waals surface area contributed by atoms with Crippen molar-refractivity contribution in [3.63, 3.8) is 0 Å². The highest BCUT2D eigenvalue weighted by Crippen LogP contribution is 2.26. The lowest BCUT2D eigenvalue weighted by Crippen LogP contribution is -2.43. The molecule has 0 saturated carbocycles. The van der Waals surface area contributed by atoms with E-state index in [0.717, 1.165) is 16.9 Å². The molecule has 1 aromatic carbocycles. The standard InChI is InChI=1S/C13H14FNO2/c1-2-9-3-4-12-10(5-9)6-11(8-17-12)15-13(16)7-14/h2-5,11H,1,6-8H2,(H,15,16). The Morgan fingerprint density at radius 2 is 2.47 bits per heavy atom. The molecular weight excluding hydrogens is 221 g/mol. The minimum Gasteiger partial charge on any atom is -0.491 e. The molecule has 0 spiro atoms. The van der Waals surface area contributed by atoms with Crippen LogP contribution in [0.15, 0.2) is 24.8 Å². The van der Waals surface area contributed by atoms with Gasteiger partial charge in [0.25, 0.3) is 5.91 Å². The van der Waals surface area contributed by atoms with Crippen molar-refractivity contribution in [3.05, 3.63) is 35.9 Å². The second-order valence-corrected chi connectivity index (χ2v) is 3.98. The van der Waals surface area contributed by atoms with E-state index in [0.29, 0.717) is 13.0 Å². The molecule has 0 bridgehead atoms. The maximum atomic E-state index is 12.1. The monoisotopic (exact) mass is 235 g/mol. The van der Waals surface area contributed by atoms with Crippen molar-refractivity contribution in [1.82, 2.24) is 5.32 Å².